The van der Waals surface area contributed by atoms with Crippen LogP contribution < -0.4 is 5.32 Å². The average Bonchev–Trinajstić information content (AvgIpc) is 2.68. The molecule has 2 heterocycles. The highest BCUT2D eigenvalue weighted by Gasteiger charge is 2.20. The Morgan fingerprint density at radius 3 is 3.06 bits per heavy atom. The molecule has 5 heteroatoms. The van der Waals surface area contributed by atoms with Crippen molar-refractivity contribution in [2.24, 2.45) is 5.92 Å². The molecule has 17 heavy (non-hydrogen) atoms. The van der Waals surface area contributed by atoms with Gasteiger partial charge in [-0.15, -0.1) is 0 Å². The SMILES string of the molecule is CC(C)Cc1nc(CN2CCNCC2C)no1. The van der Waals surface area contributed by atoms with Crippen molar-refractivity contribution in [1.29, 1.82) is 0 Å². The Morgan fingerprint density at radius 2 is 2.35 bits per heavy atom. The average molecular weight is 238 g/mol. The highest BCUT2D eigenvalue weighted by molar-refractivity contribution is 4.89. The van der Waals surface area contributed by atoms with Gasteiger partial charge in [0.05, 0.1) is 6.54 Å². The van der Waals surface area contributed by atoms with Crippen molar-refractivity contribution in [1.82, 2.24) is 20.4 Å². The lowest BCUT2D eigenvalue weighted by atomic mass is 10.1. The van der Waals surface area contributed by atoms with Gasteiger partial charge in [-0.2, -0.15) is 4.98 Å². The van der Waals surface area contributed by atoms with Crippen LogP contribution in [0.15, 0.2) is 4.52 Å². The summed E-state index contributed by atoms with van der Waals surface area (Å²) in [5.41, 5.74) is 0. The minimum absolute atomic E-state index is 0.538. The Kier molecular flexibility index (Phi) is 4.12. The summed E-state index contributed by atoms with van der Waals surface area (Å²) < 4.78 is 5.25. The van der Waals surface area contributed by atoms with Gasteiger partial charge in [0.1, 0.15) is 0 Å². The third-order valence-corrected chi connectivity index (χ3v) is 3.08. The number of hydrogen-bond acceptors (Lipinski definition) is 5. The van der Waals surface area contributed by atoms with Gasteiger partial charge in [-0.05, 0) is 12.8 Å². The molecular formula is C12H22N4O. The smallest absolute Gasteiger partial charge is 0.226 e. The van der Waals surface area contributed by atoms with Crippen molar-refractivity contribution in [3.63, 3.8) is 0 Å². The molecule has 0 amide bonds. The first-order valence-electron chi connectivity index (χ1n) is 6.41. The highest BCUT2D eigenvalue weighted by Crippen LogP contribution is 2.10. The van der Waals surface area contributed by atoms with Crippen LogP contribution in [0, 0.1) is 5.92 Å². The molecule has 1 aromatic heterocycles. The number of aromatic nitrogens is 2. The molecule has 1 fully saturated rings. The van der Waals surface area contributed by atoms with E-state index in [4.69, 9.17) is 4.52 Å². The molecule has 0 saturated carbocycles. The summed E-state index contributed by atoms with van der Waals surface area (Å²) in [7, 11) is 0. The Labute approximate surface area is 103 Å². The summed E-state index contributed by atoms with van der Waals surface area (Å²) in [6.07, 6.45) is 0.865. The molecule has 0 aliphatic carbocycles. The zero-order valence-corrected chi connectivity index (χ0v) is 10.9. The minimum atomic E-state index is 0.538. The van der Waals surface area contributed by atoms with E-state index in [1.807, 2.05) is 0 Å². The number of nitrogens with zero attached hydrogens (tertiary/aromatic N) is 3. The van der Waals surface area contributed by atoms with E-state index >= 15 is 0 Å². The Hall–Kier alpha value is -0.940. The maximum Gasteiger partial charge on any atom is 0.226 e. The molecule has 1 saturated heterocycles. The van der Waals surface area contributed by atoms with E-state index in [9.17, 15) is 0 Å². The largest absolute Gasteiger partial charge is 0.339 e. The standard InChI is InChI=1S/C12H22N4O/c1-9(2)6-12-14-11(15-17-12)8-16-5-4-13-7-10(16)3/h9-10,13H,4-8H2,1-3H3. The normalized spacial score (nSPS) is 22.2. The molecule has 0 spiro atoms. The van der Waals surface area contributed by atoms with Crippen molar-refractivity contribution >= 4 is 0 Å². The maximum atomic E-state index is 5.25. The monoisotopic (exact) mass is 238 g/mol. The molecule has 1 atom stereocenters. The topological polar surface area (TPSA) is 54.2 Å². The predicted molar refractivity (Wildman–Crippen MR) is 65.6 cm³/mol. The van der Waals surface area contributed by atoms with Crippen molar-refractivity contribution < 1.29 is 4.52 Å². The van der Waals surface area contributed by atoms with Crippen LogP contribution in [0.1, 0.15) is 32.5 Å². The molecule has 0 aromatic carbocycles. The molecule has 1 N–H and O–H groups in total. The molecule has 96 valence electrons. The zero-order valence-electron chi connectivity index (χ0n) is 10.9. The van der Waals surface area contributed by atoms with Gasteiger partial charge in [-0.1, -0.05) is 19.0 Å². The fourth-order valence-corrected chi connectivity index (χ4v) is 2.09. The minimum Gasteiger partial charge on any atom is -0.339 e. The molecule has 1 aliphatic heterocycles. The van der Waals surface area contributed by atoms with Crippen LogP contribution in [0.3, 0.4) is 0 Å². The molecule has 0 radical (unpaired) electrons. The van der Waals surface area contributed by atoms with Gasteiger partial charge in [0.25, 0.3) is 0 Å². The zero-order chi connectivity index (χ0) is 12.3. The molecular weight excluding hydrogens is 216 g/mol. The van der Waals surface area contributed by atoms with E-state index in [2.05, 4.69) is 41.1 Å². The number of piperazine rings is 1. The second-order valence-electron chi connectivity index (χ2n) is 5.23. The summed E-state index contributed by atoms with van der Waals surface area (Å²) in [6, 6.07) is 0.538. The Balaban J connectivity index is 1.91. The second kappa shape index (κ2) is 5.60. The van der Waals surface area contributed by atoms with E-state index in [1.54, 1.807) is 0 Å². The van der Waals surface area contributed by atoms with E-state index in [0.29, 0.717) is 12.0 Å². The predicted octanol–water partition coefficient (Wildman–Crippen LogP) is 1.06. The van der Waals surface area contributed by atoms with E-state index in [0.717, 1.165) is 44.3 Å². The van der Waals surface area contributed by atoms with Crippen LogP contribution in [0.2, 0.25) is 0 Å². The lowest BCUT2D eigenvalue weighted by Gasteiger charge is -2.32. The van der Waals surface area contributed by atoms with Crippen LogP contribution >= 0.6 is 0 Å². The Bertz CT molecular complexity index is 350. The second-order valence-corrected chi connectivity index (χ2v) is 5.23. The molecule has 2 rings (SSSR count). The highest BCUT2D eigenvalue weighted by atomic mass is 16.5. The van der Waals surface area contributed by atoms with Crippen molar-refractivity contribution in [2.75, 3.05) is 19.6 Å². The van der Waals surface area contributed by atoms with Crippen LogP contribution in [0.4, 0.5) is 0 Å². The van der Waals surface area contributed by atoms with Gasteiger partial charge >= 0.3 is 0 Å². The lowest BCUT2D eigenvalue weighted by Crippen LogP contribution is -2.49. The molecule has 5 nitrogen and oxygen atoms in total. The first kappa shape index (κ1) is 12.5. The van der Waals surface area contributed by atoms with E-state index in [1.165, 1.54) is 0 Å². The van der Waals surface area contributed by atoms with Crippen LogP contribution in [0.25, 0.3) is 0 Å². The lowest BCUT2D eigenvalue weighted by molar-refractivity contribution is 0.160. The summed E-state index contributed by atoms with van der Waals surface area (Å²) in [4.78, 5) is 6.83. The fourth-order valence-electron chi connectivity index (χ4n) is 2.09. The molecule has 1 aliphatic rings. The van der Waals surface area contributed by atoms with Gasteiger partial charge in [0.2, 0.25) is 5.89 Å². The third-order valence-electron chi connectivity index (χ3n) is 3.08. The van der Waals surface area contributed by atoms with Gasteiger partial charge in [-0.3, -0.25) is 4.90 Å². The van der Waals surface area contributed by atoms with Crippen molar-refractivity contribution in [3.05, 3.63) is 11.7 Å². The van der Waals surface area contributed by atoms with Gasteiger partial charge in [-0.25, -0.2) is 0 Å². The molecule has 1 aromatic rings. The summed E-state index contributed by atoms with van der Waals surface area (Å²) in [5, 5.41) is 7.43. The van der Waals surface area contributed by atoms with Crippen LogP contribution in [-0.2, 0) is 13.0 Å². The maximum absolute atomic E-state index is 5.25. The quantitative estimate of drug-likeness (QED) is 0.850. The number of hydrogen-bond donors (Lipinski definition) is 1. The first-order chi connectivity index (χ1) is 8.15. The molecule has 0 bridgehead atoms. The molecule has 1 unspecified atom stereocenters. The third kappa shape index (κ3) is 3.51. The summed E-state index contributed by atoms with van der Waals surface area (Å²) >= 11 is 0. The number of nitrogens with one attached hydrogen (secondary N) is 1. The van der Waals surface area contributed by atoms with Crippen LogP contribution in [0.5, 0.6) is 0 Å². The van der Waals surface area contributed by atoms with Crippen molar-refractivity contribution in [3.8, 4) is 0 Å². The van der Waals surface area contributed by atoms with E-state index in [-0.39, 0.29) is 0 Å². The number of rotatable bonds is 4. The first-order valence-corrected chi connectivity index (χ1v) is 6.41. The summed E-state index contributed by atoms with van der Waals surface area (Å²) in [6.45, 7) is 10.5. The van der Waals surface area contributed by atoms with Gasteiger partial charge in [0, 0.05) is 32.1 Å². The van der Waals surface area contributed by atoms with Gasteiger partial charge < -0.3 is 9.84 Å². The van der Waals surface area contributed by atoms with E-state index < -0.39 is 0 Å². The van der Waals surface area contributed by atoms with Gasteiger partial charge in [0.15, 0.2) is 5.82 Å². The fraction of sp³-hybridized carbons (Fsp3) is 0.833. The van der Waals surface area contributed by atoms with Crippen molar-refractivity contribution in [2.45, 2.75) is 39.8 Å². The summed E-state index contributed by atoms with van der Waals surface area (Å²) in [5.74, 6) is 2.13. The van der Waals surface area contributed by atoms with Crippen LogP contribution in [-0.4, -0.2) is 40.7 Å². The Morgan fingerprint density at radius 1 is 1.53 bits per heavy atom.